The van der Waals surface area contributed by atoms with Gasteiger partial charge in [-0.05, 0) is 38.0 Å². The van der Waals surface area contributed by atoms with E-state index in [1.807, 2.05) is 11.8 Å². The molecule has 1 atom stereocenters. The average Bonchev–Trinajstić information content (AvgIpc) is 3.39. The van der Waals surface area contributed by atoms with Crippen molar-refractivity contribution in [3.05, 3.63) is 40.4 Å². The lowest BCUT2D eigenvalue weighted by molar-refractivity contribution is 0.0988. The number of benzene rings is 1. The normalized spacial score (nSPS) is 17.8. The smallest absolute Gasteiger partial charge is 0.388 e. The van der Waals surface area contributed by atoms with Gasteiger partial charge in [-0.3, -0.25) is 4.79 Å². The zero-order valence-corrected chi connectivity index (χ0v) is 20.4. The summed E-state index contributed by atoms with van der Waals surface area (Å²) in [4.78, 5) is 37.9. The van der Waals surface area contributed by atoms with Crippen LogP contribution in [-0.2, 0) is 16.9 Å². The van der Waals surface area contributed by atoms with E-state index in [0.717, 1.165) is 23.8 Å². The molecule has 1 saturated heterocycles. The number of rotatable bonds is 5. The van der Waals surface area contributed by atoms with Gasteiger partial charge in [0.1, 0.15) is 17.2 Å². The number of carbonyl (C=O) groups is 1. The molecule has 0 radical (unpaired) electrons. The van der Waals surface area contributed by atoms with Crippen LogP contribution in [0.1, 0.15) is 30.1 Å². The van der Waals surface area contributed by atoms with Crippen LogP contribution in [0.15, 0.2) is 38.6 Å². The molecule has 1 amide bonds. The molecular weight excluding hydrogens is 474 g/mol. The molecule has 5 rings (SSSR count). The maximum Gasteiger partial charge on any atom is 0.437 e. The van der Waals surface area contributed by atoms with Crippen LogP contribution in [0, 0.1) is 0 Å². The maximum atomic E-state index is 14.0. The fraction of sp³-hybridized carbons (Fsp3) is 0.409. The molecule has 2 aliphatic rings. The number of fused-ring (bicyclic) bond motifs is 3. The van der Waals surface area contributed by atoms with Gasteiger partial charge in [0.15, 0.2) is 0 Å². The SMILES string of the molecule is CCNc1nc(S(C)(=O)=O)nc2c1C(=O)N(c1cccc(-c3nn(C)c(=O)o3)c1)CC1CCCN21. The van der Waals surface area contributed by atoms with E-state index in [1.165, 1.54) is 7.05 Å². The fourth-order valence-electron chi connectivity index (χ4n) is 4.52. The molecule has 2 aromatic heterocycles. The first-order valence-electron chi connectivity index (χ1n) is 11.3. The van der Waals surface area contributed by atoms with Crippen LogP contribution in [-0.4, -0.2) is 66.0 Å². The molecule has 1 fully saturated rings. The lowest BCUT2D eigenvalue weighted by Crippen LogP contribution is -2.39. The highest BCUT2D eigenvalue weighted by molar-refractivity contribution is 7.90. The van der Waals surface area contributed by atoms with Crippen molar-refractivity contribution in [2.75, 3.05) is 41.0 Å². The minimum absolute atomic E-state index is 0.0478. The average molecular weight is 500 g/mol. The molecule has 0 saturated carbocycles. The number of aromatic nitrogens is 4. The predicted molar refractivity (Wildman–Crippen MR) is 129 cm³/mol. The molecule has 12 nitrogen and oxygen atoms in total. The lowest BCUT2D eigenvalue weighted by atomic mass is 10.1. The van der Waals surface area contributed by atoms with Crippen LogP contribution >= 0.6 is 0 Å². The third-order valence-electron chi connectivity index (χ3n) is 6.14. The van der Waals surface area contributed by atoms with E-state index in [2.05, 4.69) is 20.4 Å². The molecule has 3 aromatic rings. The molecule has 1 aromatic carbocycles. The molecule has 0 spiro atoms. The molecule has 1 N–H and O–H groups in total. The zero-order valence-electron chi connectivity index (χ0n) is 19.6. The molecule has 4 heterocycles. The van der Waals surface area contributed by atoms with Gasteiger partial charge >= 0.3 is 5.76 Å². The first kappa shape index (κ1) is 23.0. The summed E-state index contributed by atoms with van der Waals surface area (Å²) in [6, 6.07) is 7.00. The zero-order chi connectivity index (χ0) is 24.9. The van der Waals surface area contributed by atoms with Gasteiger partial charge < -0.3 is 19.5 Å². The van der Waals surface area contributed by atoms with E-state index in [-0.39, 0.29) is 34.4 Å². The number of hydrogen-bond donors (Lipinski definition) is 1. The van der Waals surface area contributed by atoms with Gasteiger partial charge in [-0.15, -0.1) is 5.10 Å². The fourth-order valence-corrected chi connectivity index (χ4v) is 5.03. The molecule has 35 heavy (non-hydrogen) atoms. The first-order valence-corrected chi connectivity index (χ1v) is 13.2. The number of amides is 1. The highest BCUT2D eigenvalue weighted by atomic mass is 32.2. The Bertz CT molecular complexity index is 1480. The Kier molecular flexibility index (Phi) is 5.58. The molecule has 0 aliphatic carbocycles. The Labute approximate surface area is 201 Å². The Morgan fingerprint density at radius 2 is 2.03 bits per heavy atom. The first-order chi connectivity index (χ1) is 16.7. The number of nitrogens with zero attached hydrogens (tertiary/aromatic N) is 6. The molecule has 13 heteroatoms. The van der Waals surface area contributed by atoms with E-state index >= 15 is 0 Å². The van der Waals surface area contributed by atoms with Crippen molar-refractivity contribution in [3.63, 3.8) is 0 Å². The van der Waals surface area contributed by atoms with Crippen LogP contribution < -0.4 is 20.9 Å². The Morgan fingerprint density at radius 1 is 1.23 bits per heavy atom. The van der Waals surface area contributed by atoms with Crippen molar-refractivity contribution < 1.29 is 17.6 Å². The van der Waals surface area contributed by atoms with Gasteiger partial charge in [0.2, 0.25) is 15.7 Å². The van der Waals surface area contributed by atoms with Crippen molar-refractivity contribution >= 4 is 33.1 Å². The largest absolute Gasteiger partial charge is 0.437 e. The summed E-state index contributed by atoms with van der Waals surface area (Å²) in [5.74, 6) is -0.254. The monoisotopic (exact) mass is 499 g/mol. The minimum Gasteiger partial charge on any atom is -0.388 e. The Hall–Kier alpha value is -3.74. The van der Waals surface area contributed by atoms with Gasteiger partial charge in [0, 0.05) is 50.2 Å². The highest BCUT2D eigenvalue weighted by Crippen LogP contribution is 2.37. The van der Waals surface area contributed by atoms with Gasteiger partial charge in [-0.25, -0.2) is 18.2 Å². The summed E-state index contributed by atoms with van der Waals surface area (Å²) in [6.07, 6.45) is 2.77. The summed E-state index contributed by atoms with van der Waals surface area (Å²) in [7, 11) is -2.20. The predicted octanol–water partition coefficient (Wildman–Crippen LogP) is 1.29. The van der Waals surface area contributed by atoms with Crippen LogP contribution in [0.4, 0.5) is 17.3 Å². The van der Waals surface area contributed by atoms with E-state index in [9.17, 15) is 18.0 Å². The van der Waals surface area contributed by atoms with Crippen LogP contribution in [0.3, 0.4) is 0 Å². The molecular formula is C22H25N7O5S. The maximum absolute atomic E-state index is 14.0. The minimum atomic E-state index is -3.70. The number of aryl methyl sites for hydroxylation is 1. The topological polar surface area (TPSA) is 144 Å². The van der Waals surface area contributed by atoms with Crippen molar-refractivity contribution in [1.29, 1.82) is 0 Å². The van der Waals surface area contributed by atoms with E-state index in [4.69, 9.17) is 4.42 Å². The summed E-state index contributed by atoms with van der Waals surface area (Å²) in [5.41, 5.74) is 1.38. The van der Waals surface area contributed by atoms with E-state index < -0.39 is 15.6 Å². The quantitative estimate of drug-likeness (QED) is 0.510. The Morgan fingerprint density at radius 3 is 2.71 bits per heavy atom. The van der Waals surface area contributed by atoms with E-state index in [1.54, 1.807) is 29.2 Å². The van der Waals surface area contributed by atoms with Gasteiger partial charge in [-0.2, -0.15) is 9.67 Å². The Balaban J connectivity index is 1.66. The third-order valence-corrected chi connectivity index (χ3v) is 6.99. The summed E-state index contributed by atoms with van der Waals surface area (Å²) < 4.78 is 30.9. The van der Waals surface area contributed by atoms with Crippen LogP contribution in [0.25, 0.3) is 11.5 Å². The summed E-state index contributed by atoms with van der Waals surface area (Å²) >= 11 is 0. The lowest BCUT2D eigenvalue weighted by Gasteiger charge is -2.27. The number of hydrogen-bond acceptors (Lipinski definition) is 10. The summed E-state index contributed by atoms with van der Waals surface area (Å²) in [6.45, 7) is 3.32. The number of anilines is 3. The molecule has 2 aliphatic heterocycles. The van der Waals surface area contributed by atoms with Gasteiger partial charge in [0.05, 0.1) is 0 Å². The number of nitrogens with one attached hydrogen (secondary N) is 1. The molecule has 1 unspecified atom stereocenters. The molecule has 0 bridgehead atoms. The van der Waals surface area contributed by atoms with Crippen LogP contribution in [0.5, 0.6) is 0 Å². The van der Waals surface area contributed by atoms with Crippen LogP contribution in [0.2, 0.25) is 0 Å². The van der Waals surface area contributed by atoms with Gasteiger partial charge in [0.25, 0.3) is 11.1 Å². The summed E-state index contributed by atoms with van der Waals surface area (Å²) in [5, 5.41) is 6.84. The second kappa shape index (κ2) is 8.48. The molecule has 184 valence electrons. The van der Waals surface area contributed by atoms with Crippen molar-refractivity contribution in [3.8, 4) is 11.5 Å². The van der Waals surface area contributed by atoms with Crippen molar-refractivity contribution in [1.82, 2.24) is 19.7 Å². The number of carbonyl (C=O) groups excluding carboxylic acids is 1. The second-order valence-corrected chi connectivity index (χ2v) is 10.5. The van der Waals surface area contributed by atoms with E-state index in [0.29, 0.717) is 36.7 Å². The number of sulfone groups is 1. The third kappa shape index (κ3) is 4.05. The standard InChI is InChI=1S/C22H25N7O5S/c1-4-23-17-16-18(25-21(24-17)35(3,32)33)28-10-6-9-15(28)12-29(20(16)30)14-8-5-7-13(11-14)19-26-27(2)22(31)34-19/h5,7-8,11,15H,4,6,9-10,12H2,1-3H3,(H,23,24,25). The second-order valence-electron chi connectivity index (χ2n) is 8.61. The van der Waals surface area contributed by atoms with Gasteiger partial charge in [-0.1, -0.05) is 6.07 Å². The van der Waals surface area contributed by atoms with Crippen molar-refractivity contribution in [2.24, 2.45) is 7.05 Å². The highest BCUT2D eigenvalue weighted by Gasteiger charge is 2.40. The van der Waals surface area contributed by atoms with Crippen molar-refractivity contribution in [2.45, 2.75) is 31.0 Å².